The van der Waals surface area contributed by atoms with Gasteiger partial charge in [-0.3, -0.25) is 19.2 Å². The second kappa shape index (κ2) is 10.3. The van der Waals surface area contributed by atoms with Crippen LogP contribution >= 0.6 is 11.8 Å². The lowest BCUT2D eigenvalue weighted by atomic mass is 10.1. The number of amides is 3. The number of carbonyl (C=O) groups excluding carboxylic acids is 3. The molecule has 0 heterocycles. The molecule has 0 aliphatic rings. The summed E-state index contributed by atoms with van der Waals surface area (Å²) in [5.41, 5.74) is 18.3. The Hall–Kier alpha value is -4.04. The SMILES string of the molecule is [N-]=[N+]=NC(=O)c1cc(NC(=O)CCc2ccc(NCl)cc2)cc(C(=O)N=[N+]=[N-])c1. The molecule has 0 aromatic heterocycles. The third-order valence-electron chi connectivity index (χ3n) is 3.69. The molecule has 0 saturated carbocycles. The molecule has 3 amide bonds. The summed E-state index contributed by atoms with van der Waals surface area (Å²) >= 11 is 5.49. The van der Waals surface area contributed by atoms with Crippen LogP contribution in [0.3, 0.4) is 0 Å². The molecule has 146 valence electrons. The number of carbonyl (C=O) groups is 3. The lowest BCUT2D eigenvalue weighted by Crippen LogP contribution is -2.13. The Bertz CT molecular complexity index is 993. The Morgan fingerprint density at radius 2 is 1.45 bits per heavy atom. The Morgan fingerprint density at radius 3 is 1.93 bits per heavy atom. The molecule has 0 unspecified atom stereocenters. The van der Waals surface area contributed by atoms with Crippen LogP contribution in [0.15, 0.2) is 52.7 Å². The predicted octanol–water partition coefficient (Wildman–Crippen LogP) is 4.72. The molecule has 11 nitrogen and oxygen atoms in total. The standard InChI is InChI=1S/C17H13ClN8O3/c18-22-13-4-1-10(2-5-13)3-6-15(27)21-14-8-11(16(28)23-25-19)7-12(9-14)17(29)24-26-20/h1-2,4-5,7-9,22H,3,6H2,(H,21,27). The Balaban J connectivity index is 2.17. The van der Waals surface area contributed by atoms with Crippen molar-refractivity contribution in [3.05, 3.63) is 80.0 Å². The van der Waals surface area contributed by atoms with Crippen molar-refractivity contribution in [3.63, 3.8) is 0 Å². The van der Waals surface area contributed by atoms with Crippen LogP contribution in [0.4, 0.5) is 11.4 Å². The van der Waals surface area contributed by atoms with Crippen LogP contribution in [-0.4, -0.2) is 17.7 Å². The van der Waals surface area contributed by atoms with Crippen LogP contribution < -0.4 is 10.2 Å². The number of hydrogen-bond acceptors (Lipinski definition) is 4. The number of benzene rings is 2. The van der Waals surface area contributed by atoms with Crippen molar-refractivity contribution in [2.24, 2.45) is 10.2 Å². The van der Waals surface area contributed by atoms with Crippen molar-refractivity contribution in [3.8, 4) is 0 Å². The maximum absolute atomic E-state index is 12.2. The van der Waals surface area contributed by atoms with E-state index in [1.165, 1.54) is 12.1 Å². The monoisotopic (exact) mass is 412 g/mol. The first-order valence-electron chi connectivity index (χ1n) is 8.06. The van der Waals surface area contributed by atoms with Gasteiger partial charge < -0.3 is 5.32 Å². The third kappa shape index (κ3) is 6.26. The number of nitrogens with zero attached hydrogens (tertiary/aromatic N) is 6. The first-order valence-corrected chi connectivity index (χ1v) is 8.44. The Kier molecular flexibility index (Phi) is 7.58. The van der Waals surface area contributed by atoms with Crippen LogP contribution in [0.1, 0.15) is 32.7 Å². The highest BCUT2D eigenvalue weighted by Gasteiger charge is 2.13. The van der Waals surface area contributed by atoms with Crippen molar-refractivity contribution in [2.45, 2.75) is 12.8 Å². The molecule has 0 bridgehead atoms. The van der Waals surface area contributed by atoms with Gasteiger partial charge in [-0.05, 0) is 63.6 Å². The van der Waals surface area contributed by atoms with E-state index < -0.39 is 11.8 Å². The van der Waals surface area contributed by atoms with Gasteiger partial charge in [-0.1, -0.05) is 12.1 Å². The highest BCUT2D eigenvalue weighted by molar-refractivity contribution is 6.23. The number of rotatable bonds is 7. The summed E-state index contributed by atoms with van der Waals surface area (Å²) < 4.78 is 0. The molecule has 2 aromatic rings. The van der Waals surface area contributed by atoms with Gasteiger partial charge in [-0.15, -0.1) is 0 Å². The van der Waals surface area contributed by atoms with E-state index in [-0.39, 0.29) is 29.1 Å². The van der Waals surface area contributed by atoms with Gasteiger partial charge in [-0.25, -0.2) is 0 Å². The van der Waals surface area contributed by atoms with Gasteiger partial charge in [0.2, 0.25) is 17.7 Å². The molecule has 2 N–H and O–H groups in total. The fourth-order valence-electron chi connectivity index (χ4n) is 2.36. The maximum atomic E-state index is 12.2. The van der Waals surface area contributed by atoms with E-state index in [1.807, 2.05) is 12.1 Å². The van der Waals surface area contributed by atoms with E-state index in [0.29, 0.717) is 6.42 Å². The second-order valence-corrected chi connectivity index (χ2v) is 5.82. The van der Waals surface area contributed by atoms with E-state index in [9.17, 15) is 14.4 Å². The molecule has 0 atom stereocenters. The lowest BCUT2D eigenvalue weighted by Gasteiger charge is -2.09. The summed E-state index contributed by atoms with van der Waals surface area (Å²) in [4.78, 5) is 43.1. The molecule has 29 heavy (non-hydrogen) atoms. The van der Waals surface area contributed by atoms with E-state index >= 15 is 0 Å². The lowest BCUT2D eigenvalue weighted by molar-refractivity contribution is -0.116. The first kappa shape index (κ1) is 21.3. The molecule has 2 aromatic carbocycles. The normalized spacial score (nSPS) is 9.55. The molecule has 0 saturated heterocycles. The zero-order valence-corrected chi connectivity index (χ0v) is 15.5. The van der Waals surface area contributed by atoms with Crippen LogP contribution in [0.2, 0.25) is 0 Å². The van der Waals surface area contributed by atoms with Crippen LogP contribution in [0, 0.1) is 0 Å². The molecule has 0 fully saturated rings. The summed E-state index contributed by atoms with van der Waals surface area (Å²) in [6.07, 6.45) is 0.568. The molecule has 0 aliphatic heterocycles. The van der Waals surface area contributed by atoms with Gasteiger partial charge in [0.1, 0.15) is 0 Å². The zero-order valence-electron chi connectivity index (χ0n) is 14.7. The largest absolute Gasteiger partial charge is 0.326 e. The number of aryl methyl sites for hydroxylation is 1. The average Bonchev–Trinajstić information content (AvgIpc) is 2.72. The number of nitrogens with one attached hydrogen (secondary N) is 2. The summed E-state index contributed by atoms with van der Waals surface area (Å²) in [5, 5.41) is 8.47. The second-order valence-electron chi connectivity index (χ2n) is 5.63. The topological polar surface area (TPSA) is 173 Å². The summed E-state index contributed by atoms with van der Waals surface area (Å²) in [6, 6.07) is 10.8. The van der Waals surface area contributed by atoms with Gasteiger partial charge in [0.05, 0.1) is 0 Å². The Morgan fingerprint density at radius 1 is 0.897 bits per heavy atom. The molecule has 0 radical (unpaired) electrons. The van der Waals surface area contributed by atoms with Gasteiger partial charge >= 0.3 is 0 Å². The van der Waals surface area contributed by atoms with Crippen molar-refractivity contribution >= 4 is 40.9 Å². The smallest absolute Gasteiger partial charge is 0.249 e. The highest BCUT2D eigenvalue weighted by Crippen LogP contribution is 2.18. The van der Waals surface area contributed by atoms with Crippen molar-refractivity contribution in [1.82, 2.24) is 0 Å². The van der Waals surface area contributed by atoms with Crippen molar-refractivity contribution in [1.29, 1.82) is 0 Å². The molecule has 12 heteroatoms. The van der Waals surface area contributed by atoms with E-state index in [0.717, 1.165) is 17.3 Å². The molecule has 0 aliphatic carbocycles. The molecular weight excluding hydrogens is 400 g/mol. The summed E-state index contributed by atoms with van der Waals surface area (Å²) in [7, 11) is 0. The summed E-state index contributed by atoms with van der Waals surface area (Å²) in [5.74, 6) is -2.28. The maximum Gasteiger partial charge on any atom is 0.249 e. The predicted molar refractivity (Wildman–Crippen MR) is 106 cm³/mol. The Labute approximate surface area is 169 Å². The van der Waals surface area contributed by atoms with E-state index in [4.69, 9.17) is 22.8 Å². The van der Waals surface area contributed by atoms with E-state index in [1.54, 1.807) is 12.1 Å². The van der Waals surface area contributed by atoms with Crippen LogP contribution in [-0.2, 0) is 11.2 Å². The highest BCUT2D eigenvalue weighted by atomic mass is 35.5. The van der Waals surface area contributed by atoms with Crippen LogP contribution in [0.25, 0.3) is 20.9 Å². The number of azide groups is 2. The molecule has 0 spiro atoms. The fraction of sp³-hybridized carbons (Fsp3) is 0.118. The van der Waals surface area contributed by atoms with Gasteiger partial charge in [-0.2, -0.15) is 0 Å². The number of hydrogen-bond donors (Lipinski definition) is 2. The first-order chi connectivity index (χ1) is 14.0. The third-order valence-corrected chi connectivity index (χ3v) is 3.90. The summed E-state index contributed by atoms with van der Waals surface area (Å²) in [6.45, 7) is 0. The van der Waals surface area contributed by atoms with Gasteiger partial charge in [0, 0.05) is 50.5 Å². The zero-order chi connectivity index (χ0) is 21.2. The van der Waals surface area contributed by atoms with Crippen molar-refractivity contribution < 1.29 is 14.4 Å². The average molecular weight is 413 g/mol. The minimum absolute atomic E-state index is 0.118. The minimum Gasteiger partial charge on any atom is -0.326 e. The molecular formula is C17H13ClN8O3. The molecule has 2 rings (SSSR count). The van der Waals surface area contributed by atoms with Gasteiger partial charge in [0.15, 0.2) is 0 Å². The number of halogens is 1. The minimum atomic E-state index is -0.952. The fourth-order valence-corrected chi connectivity index (χ4v) is 2.49. The quantitative estimate of drug-likeness (QED) is 0.289. The van der Waals surface area contributed by atoms with E-state index in [2.05, 4.69) is 30.2 Å². The van der Waals surface area contributed by atoms with Gasteiger partial charge in [0.25, 0.3) is 0 Å². The number of anilines is 2. The van der Waals surface area contributed by atoms with Crippen LogP contribution in [0.5, 0.6) is 0 Å². The van der Waals surface area contributed by atoms with Crippen molar-refractivity contribution in [2.75, 3.05) is 10.2 Å².